The smallest absolute Gasteiger partial charge is 0.272 e. The van der Waals surface area contributed by atoms with Gasteiger partial charge < -0.3 is 10.6 Å². The second-order valence-electron chi connectivity index (χ2n) is 10.4. The Morgan fingerprint density at radius 1 is 0.783 bits per heavy atom. The van der Waals surface area contributed by atoms with Crippen molar-refractivity contribution >= 4 is 76.0 Å². The van der Waals surface area contributed by atoms with Crippen molar-refractivity contribution in [3.63, 3.8) is 0 Å². The molecule has 1 aliphatic rings. The number of amides is 3. The highest BCUT2D eigenvalue weighted by molar-refractivity contribution is 8.00. The molecule has 5 aromatic carbocycles. The zero-order valence-corrected chi connectivity index (χ0v) is 27.0. The van der Waals surface area contributed by atoms with E-state index in [2.05, 4.69) is 10.6 Å². The number of rotatable bonds is 8. The second-order valence-corrected chi connectivity index (χ2v) is 13.3. The molecular formula is C37H28ClN3O3S2. The summed E-state index contributed by atoms with van der Waals surface area (Å²) in [6, 6.07) is 38.8. The monoisotopic (exact) mass is 661 g/mol. The number of nitrogens with zero attached hydrogens (tertiary/aromatic N) is 1. The van der Waals surface area contributed by atoms with Crippen LogP contribution in [-0.4, -0.2) is 23.0 Å². The van der Waals surface area contributed by atoms with Crippen LogP contribution < -0.4 is 15.5 Å². The molecule has 9 heteroatoms. The van der Waals surface area contributed by atoms with E-state index < -0.39 is 11.8 Å². The number of halogens is 1. The Bertz CT molecular complexity index is 1900. The van der Waals surface area contributed by atoms with Crippen molar-refractivity contribution in [1.82, 2.24) is 5.32 Å². The van der Waals surface area contributed by atoms with Gasteiger partial charge in [0.2, 0.25) is 5.91 Å². The highest BCUT2D eigenvalue weighted by atomic mass is 35.5. The normalized spacial score (nSPS) is 12.8. The molecule has 1 aliphatic heterocycles. The van der Waals surface area contributed by atoms with Gasteiger partial charge in [-0.05, 0) is 91.4 Å². The summed E-state index contributed by atoms with van der Waals surface area (Å²) in [7, 11) is 0. The maximum absolute atomic E-state index is 13.9. The van der Waals surface area contributed by atoms with Crippen molar-refractivity contribution in [2.45, 2.75) is 26.9 Å². The molecular weight excluding hydrogens is 634 g/mol. The van der Waals surface area contributed by atoms with Crippen LogP contribution in [0.2, 0.25) is 5.02 Å². The maximum atomic E-state index is 13.9. The maximum Gasteiger partial charge on any atom is 0.272 e. The van der Waals surface area contributed by atoms with Gasteiger partial charge in [-0.25, -0.2) is 0 Å². The van der Waals surface area contributed by atoms with Crippen LogP contribution in [0.3, 0.4) is 0 Å². The Hall–Kier alpha value is -4.76. The fraction of sp³-hybridized carbons (Fsp3) is 0.0541. The number of carbonyl (C=O) groups is 3. The predicted molar refractivity (Wildman–Crippen MR) is 188 cm³/mol. The molecule has 0 fully saturated rings. The summed E-state index contributed by atoms with van der Waals surface area (Å²) in [5, 5.41) is 5.73. The Balaban J connectivity index is 1.16. The molecule has 0 radical (unpaired) electrons. The van der Waals surface area contributed by atoms with E-state index in [-0.39, 0.29) is 16.9 Å². The molecule has 3 amide bonds. The van der Waals surface area contributed by atoms with E-state index in [1.807, 2.05) is 78.6 Å². The van der Waals surface area contributed by atoms with E-state index in [0.717, 1.165) is 26.1 Å². The summed E-state index contributed by atoms with van der Waals surface area (Å²) in [4.78, 5) is 45.0. The lowest BCUT2D eigenvalue weighted by Gasteiger charge is -2.32. The minimum Gasteiger partial charge on any atom is -0.321 e. The Morgan fingerprint density at radius 2 is 1.41 bits per heavy atom. The minimum atomic E-state index is -0.492. The third-order valence-corrected chi connectivity index (χ3v) is 9.58. The summed E-state index contributed by atoms with van der Waals surface area (Å²) in [5.41, 5.74) is 3.44. The van der Waals surface area contributed by atoms with Crippen LogP contribution in [0, 0.1) is 0 Å². The van der Waals surface area contributed by atoms with Crippen LogP contribution in [0.4, 0.5) is 17.1 Å². The molecule has 6 rings (SSSR count). The first kappa shape index (κ1) is 31.2. The molecule has 1 unspecified atom stereocenters. The topological polar surface area (TPSA) is 78.5 Å². The van der Waals surface area contributed by atoms with E-state index in [9.17, 15) is 14.4 Å². The largest absolute Gasteiger partial charge is 0.321 e. The van der Waals surface area contributed by atoms with Gasteiger partial charge in [0.15, 0.2) is 0 Å². The van der Waals surface area contributed by atoms with Crippen LogP contribution in [0.25, 0.3) is 6.08 Å². The molecule has 0 aliphatic carbocycles. The summed E-state index contributed by atoms with van der Waals surface area (Å²) in [6.07, 6.45) is 1.58. The lowest BCUT2D eigenvalue weighted by molar-refractivity contribution is -0.117. The Kier molecular flexibility index (Phi) is 9.59. The average molecular weight is 662 g/mol. The quantitative estimate of drug-likeness (QED) is 0.128. The van der Waals surface area contributed by atoms with Crippen LogP contribution >= 0.6 is 35.1 Å². The summed E-state index contributed by atoms with van der Waals surface area (Å²) in [5.74, 6) is -0.923. The van der Waals surface area contributed by atoms with Crippen LogP contribution in [0.15, 0.2) is 148 Å². The number of thioether (sulfide) groups is 1. The minimum absolute atomic E-state index is 0.0208. The van der Waals surface area contributed by atoms with Crippen molar-refractivity contribution in [1.29, 1.82) is 0 Å². The molecule has 6 nitrogen and oxygen atoms in total. The lowest BCUT2D eigenvalue weighted by atomic mass is 10.1. The van der Waals surface area contributed by atoms with Crippen LogP contribution in [-0.2, 0) is 9.59 Å². The number of para-hydroxylation sites is 2. The lowest BCUT2D eigenvalue weighted by Crippen LogP contribution is -2.34. The summed E-state index contributed by atoms with van der Waals surface area (Å²) < 4.78 is 0. The molecule has 5 aromatic rings. The first-order valence-electron chi connectivity index (χ1n) is 14.5. The number of hydrogen-bond acceptors (Lipinski definition) is 5. The van der Waals surface area contributed by atoms with Gasteiger partial charge in [0.25, 0.3) is 11.8 Å². The van der Waals surface area contributed by atoms with Gasteiger partial charge in [-0.2, -0.15) is 0 Å². The van der Waals surface area contributed by atoms with E-state index in [4.69, 9.17) is 11.6 Å². The first-order valence-corrected chi connectivity index (χ1v) is 16.5. The second kappa shape index (κ2) is 14.1. The van der Waals surface area contributed by atoms with E-state index in [1.54, 1.807) is 78.5 Å². The molecule has 46 heavy (non-hydrogen) atoms. The van der Waals surface area contributed by atoms with E-state index in [0.29, 0.717) is 21.8 Å². The first-order chi connectivity index (χ1) is 22.4. The van der Waals surface area contributed by atoms with Gasteiger partial charge in [-0.15, -0.1) is 11.8 Å². The van der Waals surface area contributed by atoms with E-state index in [1.165, 1.54) is 11.8 Å². The van der Waals surface area contributed by atoms with Gasteiger partial charge in [0.05, 0.1) is 16.6 Å². The van der Waals surface area contributed by atoms with Gasteiger partial charge >= 0.3 is 0 Å². The zero-order chi connectivity index (χ0) is 32.0. The third kappa shape index (κ3) is 7.21. The number of benzene rings is 5. The van der Waals surface area contributed by atoms with Crippen molar-refractivity contribution in [3.05, 3.63) is 149 Å². The molecule has 2 N–H and O–H groups in total. The highest BCUT2D eigenvalue weighted by Gasteiger charge is 2.31. The summed E-state index contributed by atoms with van der Waals surface area (Å²) >= 11 is 9.26. The van der Waals surface area contributed by atoms with Crippen LogP contribution in [0.1, 0.15) is 22.8 Å². The summed E-state index contributed by atoms with van der Waals surface area (Å²) in [6.45, 7) is 1.90. The van der Waals surface area contributed by atoms with Gasteiger partial charge in [0, 0.05) is 31.0 Å². The van der Waals surface area contributed by atoms with Crippen molar-refractivity contribution in [3.8, 4) is 0 Å². The van der Waals surface area contributed by atoms with E-state index >= 15 is 0 Å². The fourth-order valence-corrected chi connectivity index (χ4v) is 7.06. The van der Waals surface area contributed by atoms with Gasteiger partial charge in [-0.1, -0.05) is 78.0 Å². The molecule has 0 bridgehead atoms. The molecule has 0 spiro atoms. The molecule has 228 valence electrons. The Morgan fingerprint density at radius 3 is 2.07 bits per heavy atom. The van der Waals surface area contributed by atoms with Gasteiger partial charge in [0.1, 0.15) is 5.70 Å². The number of anilines is 3. The number of carbonyl (C=O) groups excluding carboxylic acids is 3. The predicted octanol–water partition coefficient (Wildman–Crippen LogP) is 9.06. The number of fused-ring (bicyclic) bond motifs is 2. The number of hydrogen-bond donors (Lipinski definition) is 2. The molecule has 0 aromatic heterocycles. The van der Waals surface area contributed by atoms with Crippen molar-refractivity contribution in [2.75, 3.05) is 10.2 Å². The molecule has 0 saturated heterocycles. The average Bonchev–Trinajstić information content (AvgIpc) is 3.07. The van der Waals surface area contributed by atoms with Crippen molar-refractivity contribution < 1.29 is 14.4 Å². The number of nitrogens with one attached hydrogen (secondary N) is 2. The SMILES string of the molecule is CC(Sc1ccc(NC(=O)/C(=C/c2cccc(Cl)c2)NC(=O)c2ccccc2)cc1)C(=O)N1c2ccccc2Sc2ccccc21. The molecule has 1 atom stereocenters. The molecule has 0 saturated carbocycles. The fourth-order valence-electron chi connectivity index (χ4n) is 4.90. The zero-order valence-electron chi connectivity index (χ0n) is 24.6. The Labute approximate surface area is 280 Å². The van der Waals surface area contributed by atoms with Crippen LogP contribution in [0.5, 0.6) is 0 Å². The van der Waals surface area contributed by atoms with Gasteiger partial charge in [-0.3, -0.25) is 19.3 Å². The highest BCUT2D eigenvalue weighted by Crippen LogP contribution is 2.48. The third-order valence-electron chi connectivity index (χ3n) is 7.11. The standard InChI is InChI=1S/C37H28ClN3O3S2/c1-24(37(44)41-31-14-5-7-16-33(31)46-34-17-8-6-15-32(34)41)45-29-20-18-28(19-21-29)39-36(43)30(23-25-10-9-13-27(38)22-25)40-35(42)26-11-3-2-4-12-26/h2-24H,1H3,(H,39,43)(H,40,42)/b30-23-. The molecule has 1 heterocycles. The van der Waals surface area contributed by atoms with Crippen molar-refractivity contribution in [2.24, 2.45) is 0 Å².